The standard InChI is InChI=1S/C23H25ClN2O2S/c24-22-10-9-16(13-25-22)11-17-12-18(14-28-29)23(21-8-4-3-7-20(17)21)27-15-26-19-5-1-2-6-19/h3-4,7-10,12-13,19,26,29H,1-2,5-6,11,14-15H2. The number of pyridine rings is 1. The predicted octanol–water partition coefficient (Wildman–Crippen LogP) is 5.71. The van der Waals surface area contributed by atoms with Crippen LogP contribution < -0.4 is 10.1 Å². The molecular weight excluding hydrogens is 404 g/mol. The van der Waals surface area contributed by atoms with Crippen LogP contribution in [0.2, 0.25) is 5.15 Å². The van der Waals surface area contributed by atoms with Crippen LogP contribution in [0.1, 0.15) is 42.4 Å². The number of hydrogen-bond acceptors (Lipinski definition) is 5. The molecule has 1 aliphatic rings. The molecule has 1 saturated carbocycles. The van der Waals surface area contributed by atoms with Crippen LogP contribution in [-0.4, -0.2) is 17.8 Å². The molecule has 0 amide bonds. The van der Waals surface area contributed by atoms with Gasteiger partial charge in [0.05, 0.1) is 6.61 Å². The molecule has 1 heterocycles. The highest BCUT2D eigenvalue weighted by Gasteiger charge is 2.17. The van der Waals surface area contributed by atoms with Crippen LogP contribution in [0.15, 0.2) is 48.7 Å². The summed E-state index contributed by atoms with van der Waals surface area (Å²) in [6.45, 7) is 0.868. The van der Waals surface area contributed by atoms with Gasteiger partial charge in [0, 0.05) is 23.2 Å². The Morgan fingerprint density at radius 3 is 2.59 bits per heavy atom. The molecule has 2 aromatic carbocycles. The van der Waals surface area contributed by atoms with Crippen molar-refractivity contribution < 1.29 is 8.92 Å². The highest BCUT2D eigenvalue weighted by molar-refractivity contribution is 7.75. The van der Waals surface area contributed by atoms with Gasteiger partial charge in [0.25, 0.3) is 0 Å². The van der Waals surface area contributed by atoms with Crippen LogP contribution in [0.5, 0.6) is 5.75 Å². The van der Waals surface area contributed by atoms with Crippen molar-refractivity contribution in [2.45, 2.75) is 44.8 Å². The molecule has 1 fully saturated rings. The monoisotopic (exact) mass is 428 g/mol. The second kappa shape index (κ2) is 9.81. The first-order valence-electron chi connectivity index (χ1n) is 10.0. The molecule has 152 valence electrons. The average Bonchev–Trinajstić information content (AvgIpc) is 3.25. The van der Waals surface area contributed by atoms with Gasteiger partial charge in [-0.3, -0.25) is 5.32 Å². The highest BCUT2D eigenvalue weighted by atomic mass is 35.5. The third-order valence-corrected chi connectivity index (χ3v) is 5.86. The molecule has 6 heteroatoms. The third-order valence-electron chi connectivity index (χ3n) is 5.50. The minimum Gasteiger partial charge on any atom is -0.477 e. The smallest absolute Gasteiger partial charge is 0.139 e. The van der Waals surface area contributed by atoms with E-state index in [-0.39, 0.29) is 0 Å². The highest BCUT2D eigenvalue weighted by Crippen LogP contribution is 2.34. The Labute approximate surface area is 182 Å². The van der Waals surface area contributed by atoms with Gasteiger partial charge in [-0.05, 0) is 60.8 Å². The summed E-state index contributed by atoms with van der Waals surface area (Å²) in [4.78, 5) is 4.21. The van der Waals surface area contributed by atoms with E-state index in [1.54, 1.807) is 0 Å². The molecule has 0 bridgehead atoms. The number of aromatic nitrogens is 1. The molecule has 29 heavy (non-hydrogen) atoms. The fourth-order valence-corrected chi connectivity index (χ4v) is 4.32. The summed E-state index contributed by atoms with van der Waals surface area (Å²) in [6.07, 6.45) is 7.63. The first-order valence-corrected chi connectivity index (χ1v) is 10.8. The molecule has 4 nitrogen and oxygen atoms in total. The van der Waals surface area contributed by atoms with Gasteiger partial charge in [0.15, 0.2) is 0 Å². The molecule has 1 aliphatic carbocycles. The van der Waals surface area contributed by atoms with Crippen molar-refractivity contribution in [3.05, 3.63) is 70.5 Å². The molecule has 0 saturated heterocycles. The van der Waals surface area contributed by atoms with Gasteiger partial charge in [0.1, 0.15) is 17.6 Å². The summed E-state index contributed by atoms with van der Waals surface area (Å²) in [7, 11) is 0. The number of halogens is 1. The fraction of sp³-hybridized carbons (Fsp3) is 0.348. The molecule has 3 aromatic rings. The van der Waals surface area contributed by atoms with Crippen molar-refractivity contribution in [2.24, 2.45) is 0 Å². The zero-order valence-corrected chi connectivity index (χ0v) is 17.9. The van der Waals surface area contributed by atoms with Crippen LogP contribution >= 0.6 is 24.5 Å². The largest absolute Gasteiger partial charge is 0.477 e. The second-order valence-electron chi connectivity index (χ2n) is 7.48. The lowest BCUT2D eigenvalue weighted by molar-refractivity contribution is 0.257. The summed E-state index contributed by atoms with van der Waals surface area (Å²) in [5, 5.41) is 6.27. The zero-order chi connectivity index (χ0) is 20.1. The van der Waals surface area contributed by atoms with E-state index in [0.717, 1.165) is 28.7 Å². The topological polar surface area (TPSA) is 43.4 Å². The lowest BCUT2D eigenvalue weighted by Gasteiger charge is -2.19. The van der Waals surface area contributed by atoms with Crippen molar-refractivity contribution in [1.82, 2.24) is 10.3 Å². The number of rotatable bonds is 8. The van der Waals surface area contributed by atoms with E-state index in [1.807, 2.05) is 24.4 Å². The predicted molar refractivity (Wildman–Crippen MR) is 121 cm³/mol. The normalized spacial score (nSPS) is 14.6. The molecule has 4 rings (SSSR count). The average molecular weight is 429 g/mol. The summed E-state index contributed by atoms with van der Waals surface area (Å²) in [5.74, 6) is 0.859. The molecule has 1 aromatic heterocycles. The van der Waals surface area contributed by atoms with Crippen molar-refractivity contribution >= 4 is 35.3 Å². The quantitative estimate of drug-likeness (QED) is 0.209. The number of nitrogens with one attached hydrogen (secondary N) is 1. The first kappa shape index (κ1) is 20.5. The van der Waals surface area contributed by atoms with E-state index in [2.05, 4.69) is 47.5 Å². The van der Waals surface area contributed by atoms with E-state index in [4.69, 9.17) is 20.5 Å². The number of benzene rings is 2. The van der Waals surface area contributed by atoms with E-state index in [9.17, 15) is 0 Å². The number of hydrogen-bond donors (Lipinski definition) is 2. The Morgan fingerprint density at radius 1 is 1.07 bits per heavy atom. The molecular formula is C23H25ClN2O2S. The Hall–Kier alpha value is -1.79. The number of nitrogens with zero attached hydrogens (tertiary/aromatic N) is 1. The van der Waals surface area contributed by atoms with Crippen molar-refractivity contribution in [3.8, 4) is 5.75 Å². The zero-order valence-electron chi connectivity index (χ0n) is 16.2. The molecule has 0 unspecified atom stereocenters. The van der Waals surface area contributed by atoms with Gasteiger partial charge in [-0.25, -0.2) is 4.98 Å². The molecule has 1 N–H and O–H groups in total. The summed E-state index contributed by atoms with van der Waals surface area (Å²) >= 11 is 9.92. The minimum absolute atomic E-state index is 0.374. The maximum atomic E-state index is 6.23. The van der Waals surface area contributed by atoms with Gasteiger partial charge >= 0.3 is 0 Å². The minimum atomic E-state index is 0.374. The Morgan fingerprint density at radius 2 is 1.86 bits per heavy atom. The Kier molecular flexibility index (Phi) is 6.93. The molecule has 0 radical (unpaired) electrons. The summed E-state index contributed by atoms with van der Waals surface area (Å²) < 4.78 is 11.4. The van der Waals surface area contributed by atoms with E-state index >= 15 is 0 Å². The van der Waals surface area contributed by atoms with Crippen LogP contribution in [0.25, 0.3) is 10.8 Å². The first-order chi connectivity index (χ1) is 14.2. The van der Waals surface area contributed by atoms with Gasteiger partial charge in [-0.1, -0.05) is 54.8 Å². The maximum Gasteiger partial charge on any atom is 0.139 e. The van der Waals surface area contributed by atoms with Crippen molar-refractivity contribution in [1.29, 1.82) is 0 Å². The SMILES string of the molecule is SOCc1cc(Cc2ccc(Cl)nc2)c2ccccc2c1OCNC1CCCC1. The van der Waals surface area contributed by atoms with E-state index in [1.165, 1.54) is 36.6 Å². The van der Waals surface area contributed by atoms with Gasteiger partial charge < -0.3 is 8.92 Å². The summed E-state index contributed by atoms with van der Waals surface area (Å²) in [6, 6.07) is 14.9. The lowest BCUT2D eigenvalue weighted by Crippen LogP contribution is -2.30. The molecule has 0 aliphatic heterocycles. The van der Waals surface area contributed by atoms with Crippen LogP contribution in [0.4, 0.5) is 0 Å². The van der Waals surface area contributed by atoms with Crippen LogP contribution in [0, 0.1) is 0 Å². The third kappa shape index (κ3) is 5.04. The second-order valence-corrected chi connectivity index (χ2v) is 8.13. The van der Waals surface area contributed by atoms with Crippen molar-refractivity contribution in [2.75, 3.05) is 6.73 Å². The maximum absolute atomic E-state index is 6.23. The molecule has 0 atom stereocenters. The number of fused-ring (bicyclic) bond motifs is 1. The van der Waals surface area contributed by atoms with Gasteiger partial charge in [-0.15, -0.1) is 0 Å². The fourth-order valence-electron chi connectivity index (χ4n) is 4.07. The van der Waals surface area contributed by atoms with E-state index < -0.39 is 0 Å². The van der Waals surface area contributed by atoms with Crippen LogP contribution in [-0.2, 0) is 17.2 Å². The Bertz CT molecular complexity index is 959. The van der Waals surface area contributed by atoms with Crippen molar-refractivity contribution in [3.63, 3.8) is 0 Å². The van der Waals surface area contributed by atoms with Gasteiger partial charge in [0.2, 0.25) is 0 Å². The Balaban J connectivity index is 1.65. The lowest BCUT2D eigenvalue weighted by atomic mass is 9.95. The number of thiol groups is 1. The summed E-state index contributed by atoms with van der Waals surface area (Å²) in [5.41, 5.74) is 3.29. The molecule has 0 spiro atoms. The van der Waals surface area contributed by atoms with Crippen LogP contribution in [0.3, 0.4) is 0 Å². The van der Waals surface area contributed by atoms with Gasteiger partial charge in [-0.2, -0.15) is 0 Å². The van der Waals surface area contributed by atoms with E-state index in [0.29, 0.717) is 24.5 Å². The number of ether oxygens (including phenoxy) is 1.